The molecule has 0 saturated heterocycles. The second kappa shape index (κ2) is 7.71. The molecule has 1 aromatic carbocycles. The van der Waals surface area contributed by atoms with E-state index in [1.165, 1.54) is 6.20 Å². The second-order valence-corrected chi connectivity index (χ2v) is 10.0. The molecule has 0 unspecified atom stereocenters. The second-order valence-electron chi connectivity index (χ2n) is 5.98. The molecular weight excluding hydrogens is 406 g/mol. The van der Waals surface area contributed by atoms with Crippen molar-refractivity contribution >= 4 is 61.6 Å². The number of nitrogen functional groups attached to an aromatic ring is 1. The molecule has 27 heavy (non-hydrogen) atoms. The summed E-state index contributed by atoms with van der Waals surface area (Å²) in [6.07, 6.45) is 1.44. The van der Waals surface area contributed by atoms with E-state index in [1.807, 2.05) is 6.07 Å². The highest BCUT2D eigenvalue weighted by Crippen LogP contribution is 2.34. The van der Waals surface area contributed by atoms with Crippen LogP contribution >= 0.6 is 22.9 Å². The Labute approximate surface area is 166 Å². The number of nitrogens with one attached hydrogen (secondary N) is 2. The molecule has 3 aromatic rings. The molecule has 0 spiro atoms. The largest absolute Gasteiger partial charge is 0.399 e. The van der Waals surface area contributed by atoms with E-state index in [0.29, 0.717) is 23.1 Å². The molecule has 7 nitrogen and oxygen atoms in total. The summed E-state index contributed by atoms with van der Waals surface area (Å²) in [7, 11) is -3.42. The smallest absolute Gasteiger partial charge is 0.229 e. The summed E-state index contributed by atoms with van der Waals surface area (Å²) in [5, 5.41) is 7.49. The van der Waals surface area contributed by atoms with Gasteiger partial charge in [-0.15, -0.1) is 11.3 Å². The van der Waals surface area contributed by atoms with Gasteiger partial charge in [-0.3, -0.25) is 0 Å². The number of anilines is 5. The van der Waals surface area contributed by atoms with Crippen LogP contribution in [0.15, 0.2) is 46.1 Å². The predicted octanol–water partition coefficient (Wildman–Crippen LogP) is 4.44. The highest BCUT2D eigenvalue weighted by atomic mass is 35.5. The van der Waals surface area contributed by atoms with Crippen molar-refractivity contribution in [3.8, 4) is 0 Å². The summed E-state index contributed by atoms with van der Waals surface area (Å²) in [6, 6.07) is 8.84. The molecule has 4 N–H and O–H groups in total. The van der Waals surface area contributed by atoms with E-state index < -0.39 is 15.1 Å². The summed E-state index contributed by atoms with van der Waals surface area (Å²) in [4.78, 5) is 8.49. The fourth-order valence-corrected chi connectivity index (χ4v) is 5.06. The molecule has 0 aliphatic rings. The Morgan fingerprint density at radius 3 is 2.70 bits per heavy atom. The Morgan fingerprint density at radius 1 is 1.22 bits per heavy atom. The van der Waals surface area contributed by atoms with Crippen LogP contribution in [0.25, 0.3) is 0 Å². The first-order valence-electron chi connectivity index (χ1n) is 8.01. The number of halogens is 1. The Balaban J connectivity index is 1.90. The Morgan fingerprint density at radius 2 is 2.00 bits per heavy atom. The summed E-state index contributed by atoms with van der Waals surface area (Å²) < 4.78 is 25.3. The van der Waals surface area contributed by atoms with Gasteiger partial charge < -0.3 is 16.4 Å². The lowest BCUT2D eigenvalue weighted by Crippen LogP contribution is -2.14. The molecule has 0 bridgehead atoms. The zero-order valence-corrected chi connectivity index (χ0v) is 17.0. The summed E-state index contributed by atoms with van der Waals surface area (Å²) in [5.41, 5.74) is 7.53. The van der Waals surface area contributed by atoms with Crippen molar-refractivity contribution in [3.63, 3.8) is 0 Å². The van der Waals surface area contributed by atoms with Crippen LogP contribution < -0.4 is 16.4 Å². The van der Waals surface area contributed by atoms with Gasteiger partial charge in [0, 0.05) is 11.4 Å². The summed E-state index contributed by atoms with van der Waals surface area (Å²) >= 11 is 7.34. The third kappa shape index (κ3) is 4.32. The highest BCUT2D eigenvalue weighted by Gasteiger charge is 2.25. The minimum atomic E-state index is -3.42. The van der Waals surface area contributed by atoms with Crippen molar-refractivity contribution in [3.05, 3.63) is 46.9 Å². The maximum atomic E-state index is 12.5. The van der Waals surface area contributed by atoms with E-state index in [-0.39, 0.29) is 9.23 Å². The molecule has 10 heteroatoms. The minimum Gasteiger partial charge on any atom is -0.399 e. The van der Waals surface area contributed by atoms with Crippen molar-refractivity contribution in [2.75, 3.05) is 16.4 Å². The molecule has 0 radical (unpaired) electrons. The van der Waals surface area contributed by atoms with E-state index >= 15 is 0 Å². The zero-order valence-electron chi connectivity index (χ0n) is 14.6. The standard InChI is InChI=1S/C17H18ClN5O2S2/c1-10(2)27(24,25)16-14(6-7-26-16)22-15-13(18)9-20-17(23-15)21-12-5-3-4-11(19)8-12/h3-10H,19H2,1-2H3,(H2,20,21,22,23). The fraction of sp³-hybridized carbons (Fsp3) is 0.176. The number of aromatic nitrogens is 2. The van der Waals surface area contributed by atoms with Crippen LogP contribution in [0.4, 0.5) is 28.8 Å². The van der Waals surface area contributed by atoms with Gasteiger partial charge in [-0.1, -0.05) is 17.7 Å². The lowest BCUT2D eigenvalue weighted by molar-refractivity contribution is 0.590. The topological polar surface area (TPSA) is 110 Å². The zero-order chi connectivity index (χ0) is 19.6. The number of rotatable bonds is 6. The van der Waals surface area contributed by atoms with E-state index in [0.717, 1.165) is 17.0 Å². The van der Waals surface area contributed by atoms with Gasteiger partial charge in [0.05, 0.1) is 17.1 Å². The molecule has 0 saturated carbocycles. The molecule has 0 amide bonds. The van der Waals surface area contributed by atoms with Crippen LogP contribution in [-0.2, 0) is 9.84 Å². The third-order valence-electron chi connectivity index (χ3n) is 3.65. The van der Waals surface area contributed by atoms with Crippen molar-refractivity contribution in [1.29, 1.82) is 0 Å². The molecule has 142 valence electrons. The Bertz CT molecular complexity index is 1070. The number of nitrogens with two attached hydrogens (primary N) is 1. The SMILES string of the molecule is CC(C)S(=O)(=O)c1sccc1Nc1nc(Nc2cccc(N)c2)ncc1Cl. The van der Waals surface area contributed by atoms with Crippen molar-refractivity contribution < 1.29 is 8.42 Å². The van der Waals surface area contributed by atoms with E-state index in [2.05, 4.69) is 20.6 Å². The number of benzene rings is 1. The van der Waals surface area contributed by atoms with Gasteiger partial charge in [0.1, 0.15) is 9.23 Å². The van der Waals surface area contributed by atoms with Crippen LogP contribution in [0, 0.1) is 0 Å². The number of hydrogen-bond donors (Lipinski definition) is 3. The molecule has 0 aliphatic heterocycles. The third-order valence-corrected chi connectivity index (χ3v) is 7.59. The van der Waals surface area contributed by atoms with Gasteiger partial charge in [-0.05, 0) is 43.5 Å². The maximum Gasteiger partial charge on any atom is 0.229 e. The van der Waals surface area contributed by atoms with Crippen LogP contribution in [0.1, 0.15) is 13.8 Å². The van der Waals surface area contributed by atoms with Gasteiger partial charge in [0.2, 0.25) is 5.95 Å². The van der Waals surface area contributed by atoms with Gasteiger partial charge in [-0.2, -0.15) is 4.98 Å². The van der Waals surface area contributed by atoms with Crippen molar-refractivity contribution in [1.82, 2.24) is 9.97 Å². The molecule has 0 atom stereocenters. The summed E-state index contributed by atoms with van der Waals surface area (Å²) in [6.45, 7) is 3.29. The van der Waals surface area contributed by atoms with Gasteiger partial charge >= 0.3 is 0 Å². The molecule has 3 rings (SSSR count). The van der Waals surface area contributed by atoms with Crippen LogP contribution in [0.3, 0.4) is 0 Å². The molecule has 2 aromatic heterocycles. The maximum absolute atomic E-state index is 12.5. The molecule has 0 fully saturated rings. The first-order chi connectivity index (χ1) is 12.8. The monoisotopic (exact) mass is 423 g/mol. The molecule has 2 heterocycles. The van der Waals surface area contributed by atoms with E-state index in [4.69, 9.17) is 17.3 Å². The predicted molar refractivity (Wildman–Crippen MR) is 111 cm³/mol. The van der Waals surface area contributed by atoms with E-state index in [1.54, 1.807) is 43.5 Å². The highest BCUT2D eigenvalue weighted by molar-refractivity contribution is 7.94. The molecular formula is C17H18ClN5O2S2. The van der Waals surface area contributed by atoms with Crippen LogP contribution in [-0.4, -0.2) is 23.6 Å². The van der Waals surface area contributed by atoms with Crippen molar-refractivity contribution in [2.45, 2.75) is 23.3 Å². The Kier molecular flexibility index (Phi) is 5.54. The number of nitrogens with zero attached hydrogens (tertiary/aromatic N) is 2. The fourth-order valence-electron chi connectivity index (χ4n) is 2.21. The van der Waals surface area contributed by atoms with Gasteiger partial charge in [0.25, 0.3) is 0 Å². The number of sulfone groups is 1. The first kappa shape index (κ1) is 19.4. The van der Waals surface area contributed by atoms with Crippen LogP contribution in [0.2, 0.25) is 5.02 Å². The van der Waals surface area contributed by atoms with E-state index in [9.17, 15) is 8.42 Å². The normalized spacial score (nSPS) is 11.6. The van der Waals surface area contributed by atoms with Gasteiger partial charge in [0.15, 0.2) is 15.7 Å². The Hall–Kier alpha value is -2.36. The quantitative estimate of drug-likeness (QED) is 0.502. The number of thiophene rings is 1. The lowest BCUT2D eigenvalue weighted by atomic mass is 10.3. The van der Waals surface area contributed by atoms with Crippen molar-refractivity contribution in [2.24, 2.45) is 0 Å². The molecule has 0 aliphatic carbocycles. The average Bonchev–Trinajstić information content (AvgIpc) is 3.07. The minimum absolute atomic E-state index is 0.248. The van der Waals surface area contributed by atoms with Gasteiger partial charge in [-0.25, -0.2) is 13.4 Å². The first-order valence-corrected chi connectivity index (χ1v) is 10.8. The lowest BCUT2D eigenvalue weighted by Gasteiger charge is -2.12. The number of hydrogen-bond acceptors (Lipinski definition) is 8. The summed E-state index contributed by atoms with van der Waals surface area (Å²) in [5.74, 6) is 0.604. The average molecular weight is 424 g/mol. The van der Waals surface area contributed by atoms with Crippen LogP contribution in [0.5, 0.6) is 0 Å².